The van der Waals surface area contributed by atoms with Crippen LogP contribution >= 0.6 is 0 Å². The summed E-state index contributed by atoms with van der Waals surface area (Å²) in [5, 5.41) is 0. The van der Waals surface area contributed by atoms with Crippen molar-refractivity contribution < 1.29 is 4.74 Å². The zero-order chi connectivity index (χ0) is 18.1. The molecule has 2 aromatic heterocycles. The molecular formula is C22H20N4O. The van der Waals surface area contributed by atoms with Gasteiger partial charge in [0.05, 0.1) is 13.2 Å². The van der Waals surface area contributed by atoms with E-state index in [4.69, 9.17) is 9.72 Å². The van der Waals surface area contributed by atoms with E-state index < -0.39 is 0 Å². The number of nitrogens with zero attached hydrogens (tertiary/aromatic N) is 3. The molecule has 0 saturated carbocycles. The molecule has 4 aromatic rings. The Balaban J connectivity index is 1.50. The van der Waals surface area contributed by atoms with Crippen molar-refractivity contribution in [2.24, 2.45) is 0 Å². The van der Waals surface area contributed by atoms with Crippen LogP contribution in [0.1, 0.15) is 0 Å². The first-order valence-electron chi connectivity index (χ1n) is 9.21. The van der Waals surface area contributed by atoms with Crippen molar-refractivity contribution in [1.82, 2.24) is 15.0 Å². The Hall–Kier alpha value is -3.18. The number of H-pyrrole nitrogens is 1. The molecule has 2 aromatic carbocycles. The van der Waals surface area contributed by atoms with E-state index in [0.717, 1.165) is 60.0 Å². The number of aromatic amines is 1. The smallest absolute Gasteiger partial charge is 0.157 e. The van der Waals surface area contributed by atoms with Gasteiger partial charge in [0.2, 0.25) is 0 Å². The van der Waals surface area contributed by atoms with E-state index in [2.05, 4.69) is 57.3 Å². The van der Waals surface area contributed by atoms with Gasteiger partial charge in [-0.15, -0.1) is 0 Å². The van der Waals surface area contributed by atoms with Gasteiger partial charge in [-0.25, -0.2) is 9.97 Å². The van der Waals surface area contributed by atoms with E-state index in [9.17, 15) is 0 Å². The van der Waals surface area contributed by atoms with Gasteiger partial charge in [0, 0.05) is 36.1 Å². The van der Waals surface area contributed by atoms with Crippen LogP contribution in [0.15, 0.2) is 66.9 Å². The van der Waals surface area contributed by atoms with Gasteiger partial charge in [-0.3, -0.25) is 0 Å². The van der Waals surface area contributed by atoms with Crippen molar-refractivity contribution in [2.75, 3.05) is 31.2 Å². The fourth-order valence-corrected chi connectivity index (χ4v) is 3.49. The SMILES string of the molecule is c1ccc(-c2cnc3[nH]c(-c4cccc(N5CCOCC5)c4)nc3c2)cc1. The molecule has 1 fully saturated rings. The summed E-state index contributed by atoms with van der Waals surface area (Å²) in [5.41, 5.74) is 6.17. The first kappa shape index (κ1) is 16.0. The number of hydrogen-bond donors (Lipinski definition) is 1. The minimum Gasteiger partial charge on any atom is -0.378 e. The van der Waals surface area contributed by atoms with Gasteiger partial charge in [0.15, 0.2) is 5.65 Å². The van der Waals surface area contributed by atoms with E-state index in [0.29, 0.717) is 0 Å². The lowest BCUT2D eigenvalue weighted by Gasteiger charge is -2.29. The van der Waals surface area contributed by atoms with Gasteiger partial charge in [0.1, 0.15) is 11.3 Å². The molecule has 1 saturated heterocycles. The van der Waals surface area contributed by atoms with Crippen molar-refractivity contribution in [3.8, 4) is 22.5 Å². The van der Waals surface area contributed by atoms with Crippen molar-refractivity contribution in [2.45, 2.75) is 0 Å². The molecule has 5 nitrogen and oxygen atoms in total. The molecule has 1 aliphatic rings. The average Bonchev–Trinajstić information content (AvgIpc) is 3.19. The quantitative estimate of drug-likeness (QED) is 0.600. The second-order valence-corrected chi connectivity index (χ2v) is 6.69. The standard InChI is InChI=1S/C22H20N4O/c1-2-5-16(6-3-1)18-14-20-22(23-15-18)25-21(24-20)17-7-4-8-19(13-17)26-9-11-27-12-10-26/h1-8,13-15H,9-12H2,(H,23,24,25). The Morgan fingerprint density at radius 3 is 2.52 bits per heavy atom. The highest BCUT2D eigenvalue weighted by Crippen LogP contribution is 2.27. The number of rotatable bonds is 3. The van der Waals surface area contributed by atoms with E-state index in [1.54, 1.807) is 0 Å². The summed E-state index contributed by atoms with van der Waals surface area (Å²) in [6, 6.07) is 20.8. The first-order chi connectivity index (χ1) is 13.4. The normalized spacial score (nSPS) is 14.6. The molecular weight excluding hydrogens is 336 g/mol. The summed E-state index contributed by atoms with van der Waals surface area (Å²) in [6.07, 6.45) is 1.89. The fourth-order valence-electron chi connectivity index (χ4n) is 3.49. The lowest BCUT2D eigenvalue weighted by atomic mass is 10.1. The second kappa shape index (κ2) is 6.85. The Bertz CT molecular complexity index is 1070. The summed E-state index contributed by atoms with van der Waals surface area (Å²) in [5.74, 6) is 0.845. The molecule has 0 aliphatic carbocycles. The number of benzene rings is 2. The van der Waals surface area contributed by atoms with Crippen molar-refractivity contribution in [1.29, 1.82) is 0 Å². The third kappa shape index (κ3) is 3.17. The van der Waals surface area contributed by atoms with Crippen LogP contribution in [0.4, 0.5) is 5.69 Å². The maximum atomic E-state index is 5.46. The number of pyridine rings is 1. The molecule has 1 N–H and O–H groups in total. The Morgan fingerprint density at radius 1 is 0.852 bits per heavy atom. The Labute approximate surface area is 157 Å². The Kier molecular flexibility index (Phi) is 4.07. The summed E-state index contributed by atoms with van der Waals surface area (Å²) >= 11 is 0. The summed E-state index contributed by atoms with van der Waals surface area (Å²) in [7, 11) is 0. The number of hydrogen-bond acceptors (Lipinski definition) is 4. The molecule has 0 amide bonds. The van der Waals surface area contributed by atoms with Crippen LogP contribution in [-0.2, 0) is 4.74 Å². The zero-order valence-electron chi connectivity index (χ0n) is 14.9. The van der Waals surface area contributed by atoms with Crippen LogP contribution in [0.2, 0.25) is 0 Å². The molecule has 0 radical (unpaired) electrons. The lowest BCUT2D eigenvalue weighted by Crippen LogP contribution is -2.36. The second-order valence-electron chi connectivity index (χ2n) is 6.69. The van der Waals surface area contributed by atoms with Crippen molar-refractivity contribution in [3.05, 3.63) is 66.9 Å². The number of fused-ring (bicyclic) bond motifs is 1. The molecule has 0 atom stereocenters. The molecule has 134 valence electrons. The third-order valence-electron chi connectivity index (χ3n) is 4.94. The van der Waals surface area contributed by atoms with Gasteiger partial charge < -0.3 is 14.6 Å². The topological polar surface area (TPSA) is 54.0 Å². The number of nitrogens with one attached hydrogen (secondary N) is 1. The molecule has 5 rings (SSSR count). The van der Waals surface area contributed by atoms with Crippen LogP contribution in [0.3, 0.4) is 0 Å². The van der Waals surface area contributed by atoms with E-state index in [1.165, 1.54) is 5.69 Å². The number of morpholine rings is 1. The van der Waals surface area contributed by atoms with Gasteiger partial charge in [0.25, 0.3) is 0 Å². The highest BCUT2D eigenvalue weighted by molar-refractivity contribution is 5.81. The predicted molar refractivity (Wildman–Crippen MR) is 108 cm³/mol. The Morgan fingerprint density at radius 2 is 1.67 bits per heavy atom. The highest BCUT2D eigenvalue weighted by atomic mass is 16.5. The minimum absolute atomic E-state index is 0.779. The largest absolute Gasteiger partial charge is 0.378 e. The van der Waals surface area contributed by atoms with Crippen LogP contribution in [0.25, 0.3) is 33.7 Å². The molecule has 27 heavy (non-hydrogen) atoms. The third-order valence-corrected chi connectivity index (χ3v) is 4.94. The number of imidazole rings is 1. The first-order valence-corrected chi connectivity index (χ1v) is 9.21. The maximum Gasteiger partial charge on any atom is 0.157 e. The van der Waals surface area contributed by atoms with E-state index in [-0.39, 0.29) is 0 Å². The van der Waals surface area contributed by atoms with E-state index in [1.807, 2.05) is 24.4 Å². The van der Waals surface area contributed by atoms with Crippen LogP contribution in [-0.4, -0.2) is 41.3 Å². The fraction of sp³-hybridized carbons (Fsp3) is 0.182. The lowest BCUT2D eigenvalue weighted by molar-refractivity contribution is 0.122. The predicted octanol–water partition coefficient (Wildman–Crippen LogP) is 4.13. The summed E-state index contributed by atoms with van der Waals surface area (Å²) < 4.78 is 5.46. The summed E-state index contributed by atoms with van der Waals surface area (Å²) in [6.45, 7) is 3.40. The van der Waals surface area contributed by atoms with Gasteiger partial charge >= 0.3 is 0 Å². The number of aromatic nitrogens is 3. The minimum atomic E-state index is 0.779. The monoisotopic (exact) mass is 356 g/mol. The van der Waals surface area contributed by atoms with Gasteiger partial charge in [-0.2, -0.15) is 0 Å². The molecule has 0 unspecified atom stereocenters. The van der Waals surface area contributed by atoms with Crippen molar-refractivity contribution >= 4 is 16.9 Å². The van der Waals surface area contributed by atoms with Gasteiger partial charge in [-0.1, -0.05) is 42.5 Å². The van der Waals surface area contributed by atoms with Crippen molar-refractivity contribution in [3.63, 3.8) is 0 Å². The van der Waals surface area contributed by atoms with Gasteiger partial charge in [-0.05, 0) is 23.8 Å². The molecule has 1 aliphatic heterocycles. The van der Waals surface area contributed by atoms with Crippen LogP contribution in [0.5, 0.6) is 0 Å². The highest BCUT2D eigenvalue weighted by Gasteiger charge is 2.13. The molecule has 5 heteroatoms. The zero-order valence-corrected chi connectivity index (χ0v) is 14.9. The molecule has 3 heterocycles. The van der Waals surface area contributed by atoms with E-state index >= 15 is 0 Å². The maximum absolute atomic E-state index is 5.46. The number of anilines is 1. The summed E-state index contributed by atoms with van der Waals surface area (Å²) in [4.78, 5) is 15.1. The molecule has 0 spiro atoms. The number of ether oxygens (including phenoxy) is 1. The van der Waals surface area contributed by atoms with Crippen LogP contribution in [0, 0.1) is 0 Å². The average molecular weight is 356 g/mol. The van der Waals surface area contributed by atoms with Crippen LogP contribution < -0.4 is 4.90 Å². The molecule has 0 bridgehead atoms.